The molecular formula is C22H26N2O4. The van der Waals surface area contributed by atoms with E-state index in [2.05, 4.69) is 17.4 Å². The van der Waals surface area contributed by atoms with E-state index in [1.807, 2.05) is 23.1 Å². The second-order valence-electron chi connectivity index (χ2n) is 6.80. The van der Waals surface area contributed by atoms with E-state index in [1.54, 1.807) is 26.4 Å². The van der Waals surface area contributed by atoms with Crippen LogP contribution >= 0.6 is 0 Å². The lowest BCUT2D eigenvalue weighted by molar-refractivity contribution is -0.132. The summed E-state index contributed by atoms with van der Waals surface area (Å²) in [5.41, 5.74) is 3.35. The van der Waals surface area contributed by atoms with Crippen LogP contribution < -0.4 is 14.8 Å². The Morgan fingerprint density at radius 2 is 1.79 bits per heavy atom. The lowest BCUT2D eigenvalue weighted by Gasteiger charge is -2.29. The van der Waals surface area contributed by atoms with Crippen molar-refractivity contribution >= 4 is 11.8 Å². The van der Waals surface area contributed by atoms with E-state index in [4.69, 9.17) is 9.47 Å². The van der Waals surface area contributed by atoms with E-state index >= 15 is 0 Å². The first-order chi connectivity index (χ1) is 13.6. The van der Waals surface area contributed by atoms with Gasteiger partial charge in [-0.3, -0.25) is 9.59 Å². The van der Waals surface area contributed by atoms with Crippen LogP contribution in [0.5, 0.6) is 11.5 Å². The van der Waals surface area contributed by atoms with E-state index in [-0.39, 0.29) is 18.2 Å². The normalized spacial score (nSPS) is 12.9. The molecule has 0 aliphatic carbocycles. The van der Waals surface area contributed by atoms with Gasteiger partial charge in [-0.05, 0) is 35.2 Å². The highest BCUT2D eigenvalue weighted by Gasteiger charge is 2.20. The maximum absolute atomic E-state index is 12.4. The molecule has 0 unspecified atom stereocenters. The van der Waals surface area contributed by atoms with E-state index in [0.29, 0.717) is 31.0 Å². The van der Waals surface area contributed by atoms with Crippen LogP contribution in [0.4, 0.5) is 0 Å². The Morgan fingerprint density at radius 3 is 2.54 bits per heavy atom. The predicted octanol–water partition coefficient (Wildman–Crippen LogP) is 2.34. The highest BCUT2D eigenvalue weighted by atomic mass is 16.5. The summed E-state index contributed by atoms with van der Waals surface area (Å²) < 4.78 is 10.5. The lowest BCUT2D eigenvalue weighted by Crippen LogP contribution is -2.38. The molecular weight excluding hydrogens is 356 g/mol. The summed E-state index contributed by atoms with van der Waals surface area (Å²) in [4.78, 5) is 26.5. The van der Waals surface area contributed by atoms with Crippen molar-refractivity contribution in [1.82, 2.24) is 10.2 Å². The molecule has 0 radical (unpaired) electrons. The van der Waals surface area contributed by atoms with E-state index < -0.39 is 0 Å². The van der Waals surface area contributed by atoms with Gasteiger partial charge in [0.05, 0.1) is 20.6 Å². The maximum atomic E-state index is 12.4. The first kappa shape index (κ1) is 19.7. The van der Waals surface area contributed by atoms with Gasteiger partial charge < -0.3 is 19.7 Å². The first-order valence-electron chi connectivity index (χ1n) is 9.43. The first-order valence-corrected chi connectivity index (χ1v) is 9.43. The molecule has 0 fully saturated rings. The number of ether oxygens (including phenoxy) is 2. The zero-order valence-corrected chi connectivity index (χ0v) is 16.4. The third kappa shape index (κ3) is 4.82. The summed E-state index contributed by atoms with van der Waals surface area (Å²) in [5.74, 6) is 1.17. The van der Waals surface area contributed by atoms with Gasteiger partial charge in [0, 0.05) is 26.1 Å². The van der Waals surface area contributed by atoms with E-state index in [9.17, 15) is 9.59 Å². The highest BCUT2D eigenvalue weighted by Crippen LogP contribution is 2.27. The van der Waals surface area contributed by atoms with Crippen molar-refractivity contribution in [2.75, 3.05) is 27.3 Å². The number of fused-ring (bicyclic) bond motifs is 1. The summed E-state index contributed by atoms with van der Waals surface area (Å²) in [5, 5.41) is 2.83. The monoisotopic (exact) mass is 382 g/mol. The van der Waals surface area contributed by atoms with Crippen LogP contribution in [0.25, 0.3) is 0 Å². The molecule has 1 aliphatic heterocycles. The number of hydrogen-bond acceptors (Lipinski definition) is 4. The van der Waals surface area contributed by atoms with Gasteiger partial charge in [-0.2, -0.15) is 0 Å². The molecule has 148 valence electrons. The molecule has 1 heterocycles. The number of benzene rings is 2. The third-order valence-electron chi connectivity index (χ3n) is 4.96. The highest BCUT2D eigenvalue weighted by molar-refractivity contribution is 5.80. The van der Waals surface area contributed by atoms with Gasteiger partial charge in [-0.1, -0.05) is 30.3 Å². The lowest BCUT2D eigenvalue weighted by atomic mass is 10.00. The molecule has 0 saturated carbocycles. The second kappa shape index (κ2) is 9.26. The van der Waals surface area contributed by atoms with Crippen molar-refractivity contribution in [2.45, 2.75) is 25.8 Å². The molecule has 1 aliphatic rings. The fourth-order valence-electron chi connectivity index (χ4n) is 3.41. The summed E-state index contributed by atoms with van der Waals surface area (Å²) in [6.45, 7) is 1.72. The number of rotatable bonds is 7. The molecule has 0 aromatic heterocycles. The average Bonchev–Trinajstić information content (AvgIpc) is 2.73. The van der Waals surface area contributed by atoms with Gasteiger partial charge >= 0.3 is 0 Å². The van der Waals surface area contributed by atoms with Crippen LogP contribution in [0.3, 0.4) is 0 Å². The number of nitrogens with one attached hydrogen (secondary N) is 1. The standard InChI is InChI=1S/C22H26N2O4/c1-27-19-8-7-16(13-20(19)28-2)14-21(25)23-11-9-22(26)24-12-10-17-5-3-4-6-18(17)15-24/h3-8,13H,9-12,14-15H2,1-2H3,(H,23,25). The summed E-state index contributed by atoms with van der Waals surface area (Å²) >= 11 is 0. The SMILES string of the molecule is COc1ccc(CC(=O)NCCC(=O)N2CCc3ccccc3C2)cc1OC. The van der Waals surface area contributed by atoms with Crippen LogP contribution in [0.1, 0.15) is 23.1 Å². The zero-order chi connectivity index (χ0) is 19.9. The number of methoxy groups -OCH3 is 2. The molecule has 6 nitrogen and oxygen atoms in total. The van der Waals surface area contributed by atoms with Gasteiger partial charge in [0.25, 0.3) is 0 Å². The molecule has 28 heavy (non-hydrogen) atoms. The number of carbonyl (C=O) groups is 2. The molecule has 2 amide bonds. The molecule has 0 spiro atoms. The van der Waals surface area contributed by atoms with Gasteiger partial charge in [0.1, 0.15) is 0 Å². The molecule has 0 atom stereocenters. The Kier molecular flexibility index (Phi) is 6.53. The van der Waals surface area contributed by atoms with Crippen LogP contribution in [-0.2, 0) is 29.0 Å². The number of nitrogens with zero attached hydrogens (tertiary/aromatic N) is 1. The Bertz CT molecular complexity index is 850. The van der Waals surface area contributed by atoms with Crippen LogP contribution in [-0.4, -0.2) is 44.0 Å². The van der Waals surface area contributed by atoms with Crippen LogP contribution in [0.2, 0.25) is 0 Å². The summed E-state index contributed by atoms with van der Waals surface area (Å²) in [6, 6.07) is 13.6. The quantitative estimate of drug-likeness (QED) is 0.798. The summed E-state index contributed by atoms with van der Waals surface area (Å²) in [7, 11) is 3.13. The average molecular weight is 382 g/mol. The van der Waals surface area contributed by atoms with Crippen molar-refractivity contribution in [3.8, 4) is 11.5 Å². The molecule has 6 heteroatoms. The number of carbonyl (C=O) groups excluding carboxylic acids is 2. The maximum Gasteiger partial charge on any atom is 0.224 e. The number of hydrogen-bond donors (Lipinski definition) is 1. The molecule has 0 saturated heterocycles. The van der Waals surface area contributed by atoms with Gasteiger partial charge in [-0.15, -0.1) is 0 Å². The molecule has 2 aromatic carbocycles. The molecule has 2 aromatic rings. The molecule has 3 rings (SSSR count). The minimum absolute atomic E-state index is 0.0703. The molecule has 0 bridgehead atoms. The van der Waals surface area contributed by atoms with Crippen molar-refractivity contribution < 1.29 is 19.1 Å². The van der Waals surface area contributed by atoms with Crippen LogP contribution in [0.15, 0.2) is 42.5 Å². The topological polar surface area (TPSA) is 67.9 Å². The van der Waals surface area contributed by atoms with Crippen molar-refractivity contribution in [3.63, 3.8) is 0 Å². The Labute approximate surface area is 165 Å². The van der Waals surface area contributed by atoms with Crippen LogP contribution in [0, 0.1) is 0 Å². The zero-order valence-electron chi connectivity index (χ0n) is 16.4. The smallest absolute Gasteiger partial charge is 0.224 e. The number of amides is 2. The minimum Gasteiger partial charge on any atom is -0.493 e. The fraction of sp³-hybridized carbons (Fsp3) is 0.364. The van der Waals surface area contributed by atoms with E-state index in [1.165, 1.54) is 11.1 Å². The van der Waals surface area contributed by atoms with E-state index in [0.717, 1.165) is 18.5 Å². The Hall–Kier alpha value is -3.02. The van der Waals surface area contributed by atoms with Crippen molar-refractivity contribution in [2.24, 2.45) is 0 Å². The fourth-order valence-corrected chi connectivity index (χ4v) is 3.41. The molecule has 1 N–H and O–H groups in total. The second-order valence-corrected chi connectivity index (χ2v) is 6.80. The minimum atomic E-state index is -0.121. The van der Waals surface area contributed by atoms with Gasteiger partial charge in [0.2, 0.25) is 11.8 Å². The van der Waals surface area contributed by atoms with Gasteiger partial charge in [0.15, 0.2) is 11.5 Å². The summed E-state index contributed by atoms with van der Waals surface area (Å²) in [6.07, 6.45) is 1.42. The van der Waals surface area contributed by atoms with Crippen molar-refractivity contribution in [1.29, 1.82) is 0 Å². The Morgan fingerprint density at radius 1 is 1.04 bits per heavy atom. The Balaban J connectivity index is 1.45. The predicted molar refractivity (Wildman–Crippen MR) is 106 cm³/mol. The van der Waals surface area contributed by atoms with Gasteiger partial charge in [-0.25, -0.2) is 0 Å². The third-order valence-corrected chi connectivity index (χ3v) is 4.96. The largest absolute Gasteiger partial charge is 0.493 e. The van der Waals surface area contributed by atoms with Crippen molar-refractivity contribution in [3.05, 3.63) is 59.2 Å².